The van der Waals surface area contributed by atoms with Gasteiger partial charge in [-0.25, -0.2) is 4.98 Å². The van der Waals surface area contributed by atoms with Gasteiger partial charge in [0.25, 0.3) is 5.91 Å². The van der Waals surface area contributed by atoms with E-state index in [4.69, 9.17) is 4.98 Å². The lowest BCUT2D eigenvalue weighted by molar-refractivity contribution is 0.0924. The largest absolute Gasteiger partial charge is 0.378 e. The second-order valence-corrected chi connectivity index (χ2v) is 10.1. The quantitative estimate of drug-likeness (QED) is 0.253. The lowest BCUT2D eigenvalue weighted by Gasteiger charge is -2.21. The number of imidazole rings is 1. The van der Waals surface area contributed by atoms with E-state index in [0.29, 0.717) is 23.9 Å². The maximum atomic E-state index is 14.1. The van der Waals surface area contributed by atoms with E-state index in [1.54, 1.807) is 0 Å². The third-order valence-electron chi connectivity index (χ3n) is 6.73. The number of benzene rings is 3. The Morgan fingerprint density at radius 3 is 2.05 bits per heavy atom. The fraction of sp³-hybridized carbons (Fsp3) is 0.312. The van der Waals surface area contributed by atoms with Crippen molar-refractivity contribution in [3.8, 4) is 22.6 Å². The summed E-state index contributed by atoms with van der Waals surface area (Å²) in [5.74, 6) is 1.26. The predicted molar refractivity (Wildman–Crippen MR) is 154 cm³/mol. The second-order valence-electron chi connectivity index (χ2n) is 10.1. The summed E-state index contributed by atoms with van der Waals surface area (Å²) < 4.78 is 2.05. The normalized spacial score (nSPS) is 11.9. The highest BCUT2D eigenvalue weighted by Crippen LogP contribution is 2.32. The number of nitrogens with one attached hydrogen (secondary N) is 1. The standard InChI is InChI=1S/C32H38N4O/c1-6-36-30(32(37)33-28(22-17-23(2)3)24-13-9-7-10-14-24)29(25-18-20-27(21-19-25)35(4)5)34-31(36)26-15-11-8-12-16-26/h7-16,18-21,23,28H,6,17,22H2,1-5H3,(H,33,37). The molecule has 1 unspecified atom stereocenters. The molecule has 0 bridgehead atoms. The van der Waals surface area contributed by atoms with Crippen molar-refractivity contribution in [1.82, 2.24) is 14.9 Å². The molecule has 192 valence electrons. The SMILES string of the molecule is CCn1c(-c2ccccc2)nc(-c2ccc(N(C)C)cc2)c1C(=O)NC(CCC(C)C)c1ccccc1. The molecular weight excluding hydrogens is 456 g/mol. The summed E-state index contributed by atoms with van der Waals surface area (Å²) >= 11 is 0. The number of carbonyl (C=O) groups is 1. The Morgan fingerprint density at radius 1 is 0.865 bits per heavy atom. The summed E-state index contributed by atoms with van der Waals surface area (Å²) in [4.78, 5) is 21.2. The van der Waals surface area contributed by atoms with Gasteiger partial charge in [0.2, 0.25) is 0 Å². The number of hydrogen-bond donors (Lipinski definition) is 1. The molecule has 1 aromatic heterocycles. The topological polar surface area (TPSA) is 50.2 Å². The molecule has 1 atom stereocenters. The summed E-state index contributed by atoms with van der Waals surface area (Å²) in [6, 6.07) is 28.5. The van der Waals surface area contributed by atoms with Crippen molar-refractivity contribution < 1.29 is 4.79 Å². The number of anilines is 1. The van der Waals surface area contributed by atoms with Crippen molar-refractivity contribution in [3.63, 3.8) is 0 Å². The minimum absolute atomic E-state index is 0.0690. The van der Waals surface area contributed by atoms with Crippen molar-refractivity contribution >= 4 is 11.6 Å². The van der Waals surface area contributed by atoms with Gasteiger partial charge in [-0.15, -0.1) is 0 Å². The van der Waals surface area contributed by atoms with Crippen molar-refractivity contribution in [2.75, 3.05) is 19.0 Å². The highest BCUT2D eigenvalue weighted by Gasteiger charge is 2.26. The Kier molecular flexibility index (Phi) is 8.44. The van der Waals surface area contributed by atoms with Crippen LogP contribution in [0, 0.1) is 5.92 Å². The number of aromatic nitrogens is 2. The molecule has 0 spiro atoms. The molecule has 1 heterocycles. The maximum absolute atomic E-state index is 14.1. The van der Waals surface area contributed by atoms with Crippen LogP contribution in [0.5, 0.6) is 0 Å². The van der Waals surface area contributed by atoms with Crippen LogP contribution in [0.25, 0.3) is 22.6 Å². The number of amides is 1. The van der Waals surface area contributed by atoms with Gasteiger partial charge in [0.15, 0.2) is 0 Å². The molecule has 4 aromatic rings. The Morgan fingerprint density at radius 2 is 1.49 bits per heavy atom. The molecule has 0 saturated heterocycles. The molecule has 0 radical (unpaired) electrons. The molecule has 1 N–H and O–H groups in total. The molecule has 0 fully saturated rings. The average Bonchev–Trinajstić information content (AvgIpc) is 3.31. The summed E-state index contributed by atoms with van der Waals surface area (Å²) in [6.07, 6.45) is 1.91. The second kappa shape index (κ2) is 11.9. The first-order valence-corrected chi connectivity index (χ1v) is 13.2. The number of rotatable bonds is 10. The summed E-state index contributed by atoms with van der Waals surface area (Å²) in [5, 5.41) is 3.38. The maximum Gasteiger partial charge on any atom is 0.270 e. The first-order chi connectivity index (χ1) is 17.9. The Bertz CT molecular complexity index is 1290. The molecule has 5 heteroatoms. The minimum Gasteiger partial charge on any atom is -0.378 e. The van der Waals surface area contributed by atoms with Crippen molar-refractivity contribution in [2.24, 2.45) is 5.92 Å². The molecule has 0 aliphatic carbocycles. The average molecular weight is 495 g/mol. The smallest absolute Gasteiger partial charge is 0.270 e. The summed E-state index contributed by atoms with van der Waals surface area (Å²) in [7, 11) is 4.04. The first-order valence-electron chi connectivity index (χ1n) is 13.2. The first kappa shape index (κ1) is 26.2. The minimum atomic E-state index is -0.0965. The van der Waals surface area contributed by atoms with Gasteiger partial charge in [-0.1, -0.05) is 86.6 Å². The van der Waals surface area contributed by atoms with Crippen LogP contribution >= 0.6 is 0 Å². The number of nitrogens with zero attached hydrogens (tertiary/aromatic N) is 3. The van der Waals surface area contributed by atoms with Crippen molar-refractivity contribution in [2.45, 2.75) is 46.2 Å². The third-order valence-corrected chi connectivity index (χ3v) is 6.73. The lowest BCUT2D eigenvalue weighted by atomic mass is 9.97. The molecule has 4 rings (SSSR count). The summed E-state index contributed by atoms with van der Waals surface area (Å²) in [5.41, 5.74) is 5.46. The predicted octanol–water partition coefficient (Wildman–Crippen LogP) is 7.21. The van der Waals surface area contributed by atoms with E-state index in [2.05, 4.69) is 67.4 Å². The van der Waals surface area contributed by atoms with Gasteiger partial charge in [-0.3, -0.25) is 4.79 Å². The van der Waals surface area contributed by atoms with Crippen LogP contribution in [0.2, 0.25) is 0 Å². The van der Waals surface area contributed by atoms with Gasteiger partial charge in [-0.05, 0) is 43.4 Å². The lowest BCUT2D eigenvalue weighted by Crippen LogP contribution is -2.31. The summed E-state index contributed by atoms with van der Waals surface area (Å²) in [6.45, 7) is 7.14. The molecule has 0 aliphatic heterocycles. The molecule has 37 heavy (non-hydrogen) atoms. The molecule has 3 aromatic carbocycles. The van der Waals surface area contributed by atoms with Crippen LogP contribution in [0.1, 0.15) is 55.7 Å². The van der Waals surface area contributed by atoms with Crippen molar-refractivity contribution in [3.05, 3.63) is 96.2 Å². The number of carbonyl (C=O) groups excluding carboxylic acids is 1. The Balaban J connectivity index is 1.80. The molecule has 5 nitrogen and oxygen atoms in total. The number of hydrogen-bond acceptors (Lipinski definition) is 3. The van der Waals surface area contributed by atoms with Gasteiger partial charge < -0.3 is 14.8 Å². The van der Waals surface area contributed by atoms with Crippen LogP contribution in [0.3, 0.4) is 0 Å². The Hall–Kier alpha value is -3.86. The fourth-order valence-corrected chi connectivity index (χ4v) is 4.65. The van der Waals surface area contributed by atoms with E-state index in [1.165, 1.54) is 0 Å². The van der Waals surface area contributed by atoms with Crippen LogP contribution < -0.4 is 10.2 Å². The van der Waals surface area contributed by atoms with E-state index < -0.39 is 0 Å². The van der Waals surface area contributed by atoms with Crippen LogP contribution in [-0.2, 0) is 6.54 Å². The van der Waals surface area contributed by atoms with Gasteiger partial charge in [-0.2, -0.15) is 0 Å². The molecule has 0 aliphatic rings. The van der Waals surface area contributed by atoms with Gasteiger partial charge in [0, 0.05) is 37.5 Å². The van der Waals surface area contributed by atoms with E-state index in [0.717, 1.165) is 41.0 Å². The highest BCUT2D eigenvalue weighted by atomic mass is 16.2. The van der Waals surface area contributed by atoms with Crippen molar-refractivity contribution in [1.29, 1.82) is 0 Å². The molecule has 1 amide bonds. The van der Waals surface area contributed by atoms with Gasteiger partial charge >= 0.3 is 0 Å². The third kappa shape index (κ3) is 6.11. The van der Waals surface area contributed by atoms with Crippen LogP contribution in [-0.4, -0.2) is 29.6 Å². The van der Waals surface area contributed by atoms with Crippen LogP contribution in [0.4, 0.5) is 5.69 Å². The van der Waals surface area contributed by atoms with Gasteiger partial charge in [0.1, 0.15) is 17.2 Å². The zero-order valence-electron chi connectivity index (χ0n) is 22.6. The van der Waals surface area contributed by atoms with Crippen LogP contribution in [0.15, 0.2) is 84.9 Å². The zero-order chi connectivity index (χ0) is 26.4. The zero-order valence-corrected chi connectivity index (χ0v) is 22.6. The van der Waals surface area contributed by atoms with E-state index in [9.17, 15) is 4.79 Å². The Labute approximate surface area is 221 Å². The fourth-order valence-electron chi connectivity index (χ4n) is 4.65. The van der Waals surface area contributed by atoms with E-state index in [-0.39, 0.29) is 11.9 Å². The van der Waals surface area contributed by atoms with Gasteiger partial charge in [0.05, 0.1) is 6.04 Å². The van der Waals surface area contributed by atoms with E-state index >= 15 is 0 Å². The highest BCUT2D eigenvalue weighted by molar-refractivity contribution is 6.00. The van der Waals surface area contributed by atoms with E-state index in [1.807, 2.05) is 67.2 Å². The molecule has 0 saturated carbocycles. The monoisotopic (exact) mass is 494 g/mol. The molecular formula is C32H38N4O.